The molecule has 0 saturated carbocycles. The second kappa shape index (κ2) is 12.0. The molecule has 9 nitrogen and oxygen atoms in total. The van der Waals surface area contributed by atoms with E-state index in [1.165, 1.54) is 11.3 Å². The minimum absolute atomic E-state index is 0.251. The van der Waals surface area contributed by atoms with Crippen LogP contribution < -0.4 is 9.58 Å². The first-order valence-corrected chi connectivity index (χ1v) is 16.7. The molecule has 35 heavy (non-hydrogen) atoms. The number of allylic oxidation sites excluding steroid dienone is 2. The summed E-state index contributed by atoms with van der Waals surface area (Å²) in [6, 6.07) is 6.13. The maximum absolute atomic E-state index is 11.2. The van der Waals surface area contributed by atoms with E-state index in [-0.39, 0.29) is 24.3 Å². The smallest absolute Gasteiger partial charge is 0.289 e. The molecule has 192 valence electrons. The lowest BCUT2D eigenvalue weighted by atomic mass is 10.2. The summed E-state index contributed by atoms with van der Waals surface area (Å²) >= 11 is 5.35. The highest BCUT2D eigenvalue weighted by Gasteiger charge is 2.26. The van der Waals surface area contributed by atoms with Gasteiger partial charge in [0.1, 0.15) is 0 Å². The van der Waals surface area contributed by atoms with Gasteiger partial charge in [-0.1, -0.05) is 23.4 Å². The third kappa shape index (κ3) is 8.79. The second-order valence-electron chi connectivity index (χ2n) is 7.88. The molecule has 1 aliphatic rings. The number of anilines is 1. The summed E-state index contributed by atoms with van der Waals surface area (Å²) in [5.41, 5.74) is 2.04. The van der Waals surface area contributed by atoms with Crippen LogP contribution in [0.3, 0.4) is 0 Å². The standard InChI is InChI=1S/C21H26IN3O6S4/c1-3-16(13-21-25(23-15(2)32-21)9-5-11-35(29,30)31)12-20-24(8-4-10-34(26,27)28)18-14-17(22)6-7-19(18)33-20/h6-7,12-14H,3-5,8-11H2,1-2H3,(H-,26,27,28,29,30,31)/p+1. The van der Waals surface area contributed by atoms with Crippen LogP contribution in [0.5, 0.6) is 0 Å². The number of hydrogen-bond donors (Lipinski definition) is 2. The minimum atomic E-state index is -4.03. The zero-order valence-corrected chi connectivity index (χ0v) is 24.6. The highest BCUT2D eigenvalue weighted by Crippen LogP contribution is 2.47. The molecule has 2 heterocycles. The highest BCUT2D eigenvalue weighted by atomic mass is 127. The van der Waals surface area contributed by atoms with E-state index in [1.807, 2.05) is 32.1 Å². The van der Waals surface area contributed by atoms with Crippen molar-refractivity contribution in [1.82, 2.24) is 5.10 Å². The quantitative estimate of drug-likeness (QED) is 0.206. The molecule has 1 aromatic carbocycles. The van der Waals surface area contributed by atoms with Gasteiger partial charge in [0, 0.05) is 32.6 Å². The number of thioether (sulfide) groups is 1. The summed E-state index contributed by atoms with van der Waals surface area (Å²) < 4.78 is 65.6. The van der Waals surface area contributed by atoms with Gasteiger partial charge in [-0.05, 0) is 83.5 Å². The van der Waals surface area contributed by atoms with E-state index in [9.17, 15) is 16.8 Å². The van der Waals surface area contributed by atoms with Crippen molar-refractivity contribution in [3.05, 3.63) is 48.5 Å². The van der Waals surface area contributed by atoms with E-state index in [4.69, 9.17) is 9.11 Å². The van der Waals surface area contributed by atoms with Crippen molar-refractivity contribution >= 4 is 77.7 Å². The van der Waals surface area contributed by atoms with Crippen LogP contribution in [-0.4, -0.2) is 49.1 Å². The van der Waals surface area contributed by atoms with E-state index >= 15 is 0 Å². The molecule has 1 aliphatic heterocycles. The van der Waals surface area contributed by atoms with Crippen LogP contribution in [0, 0.1) is 10.5 Å². The molecule has 0 saturated heterocycles. The van der Waals surface area contributed by atoms with Gasteiger partial charge in [0.25, 0.3) is 25.2 Å². The van der Waals surface area contributed by atoms with Crippen LogP contribution in [0.2, 0.25) is 0 Å². The van der Waals surface area contributed by atoms with Crippen molar-refractivity contribution in [1.29, 1.82) is 0 Å². The van der Waals surface area contributed by atoms with Gasteiger partial charge in [0.15, 0.2) is 11.6 Å². The first kappa shape index (κ1) is 28.5. The average Bonchev–Trinajstić information content (AvgIpc) is 3.25. The van der Waals surface area contributed by atoms with Crippen LogP contribution in [0.1, 0.15) is 36.2 Å². The third-order valence-corrected chi connectivity index (χ3v) is 9.35. The molecular weight excluding hydrogens is 645 g/mol. The summed E-state index contributed by atoms with van der Waals surface area (Å²) in [4.78, 5) is 3.16. The van der Waals surface area contributed by atoms with Gasteiger partial charge in [-0.15, -0.1) is 0 Å². The fourth-order valence-corrected chi connectivity index (χ4v) is 6.98. The Kier molecular flexibility index (Phi) is 9.78. The van der Waals surface area contributed by atoms with E-state index in [1.54, 1.807) is 16.4 Å². The van der Waals surface area contributed by atoms with E-state index in [2.05, 4.69) is 44.7 Å². The lowest BCUT2D eigenvalue weighted by molar-refractivity contribution is -0.750. The number of aromatic nitrogens is 2. The fraction of sp³-hybridized carbons (Fsp3) is 0.429. The fourth-order valence-electron chi connectivity index (χ4n) is 3.48. The molecule has 14 heteroatoms. The Hall–Kier alpha value is -1.04. The molecular formula is C21H27IN3O6S4+. The van der Waals surface area contributed by atoms with E-state index in [0.29, 0.717) is 13.1 Å². The largest absolute Gasteiger partial charge is 0.335 e. The van der Waals surface area contributed by atoms with Gasteiger partial charge < -0.3 is 4.90 Å². The molecule has 2 N–H and O–H groups in total. The lowest BCUT2D eigenvalue weighted by Crippen LogP contribution is -2.39. The number of nitrogens with zero attached hydrogens (tertiary/aromatic N) is 3. The second-order valence-corrected chi connectivity index (χ2v) is 14.5. The number of fused-ring (bicyclic) bond motifs is 1. The molecule has 0 atom stereocenters. The van der Waals surface area contributed by atoms with Crippen LogP contribution in [0.4, 0.5) is 5.69 Å². The Bertz CT molecular complexity index is 1350. The first-order valence-electron chi connectivity index (χ1n) is 10.8. The predicted molar refractivity (Wildman–Crippen MR) is 148 cm³/mol. The van der Waals surface area contributed by atoms with Gasteiger partial charge in [-0.2, -0.15) is 16.8 Å². The molecule has 0 radical (unpaired) electrons. The summed E-state index contributed by atoms with van der Waals surface area (Å²) in [5.74, 6) is -0.627. The van der Waals surface area contributed by atoms with Gasteiger partial charge in [-0.25, -0.2) is 0 Å². The van der Waals surface area contributed by atoms with E-state index < -0.39 is 20.2 Å². The molecule has 0 bridgehead atoms. The minimum Gasteiger partial charge on any atom is -0.335 e. The zero-order chi connectivity index (χ0) is 25.8. The van der Waals surface area contributed by atoms with Crippen molar-refractivity contribution < 1.29 is 30.6 Å². The zero-order valence-electron chi connectivity index (χ0n) is 19.2. The Labute approximate surface area is 228 Å². The Morgan fingerprint density at radius 1 is 1.17 bits per heavy atom. The van der Waals surface area contributed by atoms with Crippen LogP contribution in [-0.2, 0) is 26.8 Å². The SMILES string of the molecule is CCC(=Cc1sc(C)n[n+]1CCCS(=O)(=O)O)C=C1Sc2ccc(I)cc2N1CCCS(=O)(=O)O. The number of halogens is 1. The maximum atomic E-state index is 11.2. The van der Waals surface area contributed by atoms with Crippen molar-refractivity contribution in [2.45, 2.75) is 44.6 Å². The van der Waals surface area contributed by atoms with Crippen LogP contribution >= 0.6 is 45.7 Å². The van der Waals surface area contributed by atoms with E-state index in [0.717, 1.165) is 41.2 Å². The molecule has 2 aromatic rings. The number of rotatable bonds is 11. The van der Waals surface area contributed by atoms with Crippen molar-refractivity contribution in [3.63, 3.8) is 0 Å². The molecule has 0 fully saturated rings. The monoisotopic (exact) mass is 672 g/mol. The molecule has 0 aliphatic carbocycles. The first-order chi connectivity index (χ1) is 16.3. The van der Waals surface area contributed by atoms with Gasteiger partial charge in [0.05, 0.1) is 22.2 Å². The summed E-state index contributed by atoms with van der Waals surface area (Å²) in [5, 5.41) is 7.15. The Morgan fingerprint density at radius 2 is 1.86 bits per heavy atom. The average molecular weight is 673 g/mol. The summed E-state index contributed by atoms with van der Waals surface area (Å²) in [6.45, 7) is 4.73. The summed E-state index contributed by atoms with van der Waals surface area (Å²) in [7, 11) is -8.06. The molecule has 0 unspecified atom stereocenters. The van der Waals surface area contributed by atoms with Gasteiger partial charge >= 0.3 is 0 Å². The van der Waals surface area contributed by atoms with Crippen molar-refractivity contribution in [2.75, 3.05) is 23.0 Å². The van der Waals surface area contributed by atoms with Crippen molar-refractivity contribution in [3.8, 4) is 0 Å². The third-order valence-electron chi connectivity index (χ3n) is 5.04. The topological polar surface area (TPSA) is 129 Å². The number of hydrogen-bond acceptors (Lipinski definition) is 8. The number of aryl methyl sites for hydroxylation is 2. The van der Waals surface area contributed by atoms with Gasteiger partial charge in [-0.3, -0.25) is 9.11 Å². The Balaban J connectivity index is 1.88. The summed E-state index contributed by atoms with van der Waals surface area (Å²) in [6.07, 6.45) is 5.37. The number of benzene rings is 1. The molecule has 3 rings (SSSR count). The maximum Gasteiger partial charge on any atom is 0.289 e. The van der Waals surface area contributed by atoms with Crippen molar-refractivity contribution in [2.24, 2.45) is 0 Å². The van der Waals surface area contributed by atoms with Gasteiger partial charge in [0.2, 0.25) is 0 Å². The van der Waals surface area contributed by atoms with Crippen LogP contribution in [0.25, 0.3) is 6.08 Å². The molecule has 0 spiro atoms. The normalized spacial score (nSPS) is 15.7. The molecule has 1 aromatic heterocycles. The van der Waals surface area contributed by atoms with Crippen LogP contribution in [0.15, 0.2) is 39.8 Å². The Morgan fingerprint density at radius 3 is 2.51 bits per heavy atom. The predicted octanol–water partition coefficient (Wildman–Crippen LogP) is 4.15. The highest BCUT2D eigenvalue weighted by molar-refractivity contribution is 14.1. The lowest BCUT2D eigenvalue weighted by Gasteiger charge is -2.20. The molecule has 0 amide bonds.